The molecule has 0 aromatic rings. The predicted molar refractivity (Wildman–Crippen MR) is 75.2 cm³/mol. The molecule has 2 saturated carbocycles. The van der Waals surface area contributed by atoms with Gasteiger partial charge in [-0.1, -0.05) is 50.2 Å². The zero-order valence-electron chi connectivity index (χ0n) is 11.5. The van der Waals surface area contributed by atoms with Gasteiger partial charge in [-0.15, -0.1) is 0 Å². The van der Waals surface area contributed by atoms with Crippen LogP contribution in [0.3, 0.4) is 0 Å². The largest absolute Gasteiger partial charge is 0.316 e. The summed E-state index contributed by atoms with van der Waals surface area (Å²) in [5, 5.41) is 3.39. The molecule has 2 aliphatic carbocycles. The standard InChI is InChI=1S/C16H29N/c1-17-13-16(15-10-6-3-7-11-15)12-14-8-4-2-5-9-14/h12,14-15,17H,2-11,13H2,1H3. The van der Waals surface area contributed by atoms with E-state index in [0.29, 0.717) is 0 Å². The average Bonchev–Trinajstić information content (AvgIpc) is 2.40. The summed E-state index contributed by atoms with van der Waals surface area (Å²) in [6.07, 6.45) is 17.2. The van der Waals surface area contributed by atoms with Gasteiger partial charge < -0.3 is 5.32 Å². The Bertz CT molecular complexity index is 232. The second kappa shape index (κ2) is 7.20. The number of rotatable bonds is 4. The zero-order chi connectivity index (χ0) is 11.9. The van der Waals surface area contributed by atoms with Gasteiger partial charge in [-0.05, 0) is 44.6 Å². The van der Waals surface area contributed by atoms with Crippen LogP contribution in [0.2, 0.25) is 0 Å². The van der Waals surface area contributed by atoms with E-state index in [1.807, 2.05) is 0 Å². The molecule has 0 atom stereocenters. The van der Waals surface area contributed by atoms with Crippen LogP contribution < -0.4 is 5.32 Å². The van der Waals surface area contributed by atoms with Gasteiger partial charge in [0.1, 0.15) is 0 Å². The van der Waals surface area contributed by atoms with Crippen LogP contribution in [0.5, 0.6) is 0 Å². The van der Waals surface area contributed by atoms with E-state index in [1.54, 1.807) is 5.57 Å². The third-order valence-electron chi connectivity index (χ3n) is 4.61. The Kier molecular flexibility index (Phi) is 5.57. The highest BCUT2D eigenvalue weighted by Gasteiger charge is 2.19. The minimum Gasteiger partial charge on any atom is -0.316 e. The van der Waals surface area contributed by atoms with Crippen molar-refractivity contribution in [1.82, 2.24) is 5.32 Å². The highest BCUT2D eigenvalue weighted by atomic mass is 14.8. The molecule has 0 aromatic heterocycles. The third-order valence-corrected chi connectivity index (χ3v) is 4.61. The quantitative estimate of drug-likeness (QED) is 0.717. The zero-order valence-corrected chi connectivity index (χ0v) is 11.5. The van der Waals surface area contributed by atoms with Crippen LogP contribution in [0.25, 0.3) is 0 Å². The van der Waals surface area contributed by atoms with Crippen LogP contribution in [-0.2, 0) is 0 Å². The van der Waals surface area contributed by atoms with Crippen molar-refractivity contribution in [3.63, 3.8) is 0 Å². The molecule has 0 saturated heterocycles. The normalized spacial score (nSPS) is 25.1. The Labute approximate surface area is 107 Å². The van der Waals surface area contributed by atoms with Gasteiger partial charge >= 0.3 is 0 Å². The van der Waals surface area contributed by atoms with Crippen LogP contribution in [0, 0.1) is 11.8 Å². The summed E-state index contributed by atoms with van der Waals surface area (Å²) in [6, 6.07) is 0. The Morgan fingerprint density at radius 3 is 2.12 bits per heavy atom. The lowest BCUT2D eigenvalue weighted by Gasteiger charge is -2.27. The molecular formula is C16H29N. The van der Waals surface area contributed by atoms with E-state index in [9.17, 15) is 0 Å². The second-order valence-corrected chi connectivity index (χ2v) is 6.00. The molecule has 17 heavy (non-hydrogen) atoms. The van der Waals surface area contributed by atoms with Gasteiger partial charge in [0.25, 0.3) is 0 Å². The minimum atomic E-state index is 0.897. The number of allylic oxidation sites excluding steroid dienone is 1. The first-order valence-electron chi connectivity index (χ1n) is 7.75. The molecule has 1 N–H and O–H groups in total. The van der Waals surface area contributed by atoms with Crippen molar-refractivity contribution in [2.24, 2.45) is 11.8 Å². The van der Waals surface area contributed by atoms with Crippen LogP contribution in [-0.4, -0.2) is 13.6 Å². The topological polar surface area (TPSA) is 12.0 Å². The number of hydrogen-bond donors (Lipinski definition) is 1. The molecule has 0 bridgehead atoms. The lowest BCUT2D eigenvalue weighted by atomic mass is 9.80. The first kappa shape index (κ1) is 13.1. The van der Waals surface area contributed by atoms with Gasteiger partial charge in [0.2, 0.25) is 0 Å². The maximum atomic E-state index is 3.39. The van der Waals surface area contributed by atoms with E-state index < -0.39 is 0 Å². The first-order valence-corrected chi connectivity index (χ1v) is 7.75. The van der Waals surface area contributed by atoms with E-state index in [2.05, 4.69) is 18.4 Å². The summed E-state index contributed by atoms with van der Waals surface area (Å²) in [5.74, 6) is 1.80. The Balaban J connectivity index is 1.95. The average molecular weight is 235 g/mol. The highest BCUT2D eigenvalue weighted by Crippen LogP contribution is 2.32. The van der Waals surface area contributed by atoms with E-state index >= 15 is 0 Å². The van der Waals surface area contributed by atoms with Crippen molar-refractivity contribution in [2.75, 3.05) is 13.6 Å². The van der Waals surface area contributed by atoms with Gasteiger partial charge in [-0.3, -0.25) is 0 Å². The smallest absolute Gasteiger partial charge is 0.0164 e. The fraction of sp³-hybridized carbons (Fsp3) is 0.875. The molecule has 0 radical (unpaired) electrons. The highest BCUT2D eigenvalue weighted by molar-refractivity contribution is 5.11. The Hall–Kier alpha value is -0.300. The summed E-state index contributed by atoms with van der Waals surface area (Å²) < 4.78 is 0. The van der Waals surface area contributed by atoms with Crippen molar-refractivity contribution in [1.29, 1.82) is 0 Å². The minimum absolute atomic E-state index is 0.897. The molecule has 98 valence electrons. The van der Waals surface area contributed by atoms with Gasteiger partial charge in [0.15, 0.2) is 0 Å². The van der Waals surface area contributed by atoms with Crippen LogP contribution in [0.15, 0.2) is 11.6 Å². The fourth-order valence-corrected chi connectivity index (χ4v) is 3.62. The van der Waals surface area contributed by atoms with Gasteiger partial charge in [0.05, 0.1) is 0 Å². The van der Waals surface area contributed by atoms with E-state index in [-0.39, 0.29) is 0 Å². The molecule has 2 rings (SSSR count). The van der Waals surface area contributed by atoms with Gasteiger partial charge in [-0.2, -0.15) is 0 Å². The van der Waals surface area contributed by atoms with Crippen molar-refractivity contribution in [3.05, 3.63) is 11.6 Å². The summed E-state index contributed by atoms with van der Waals surface area (Å²) in [6.45, 7) is 1.13. The Morgan fingerprint density at radius 2 is 1.53 bits per heavy atom. The van der Waals surface area contributed by atoms with Crippen LogP contribution in [0.1, 0.15) is 64.2 Å². The Morgan fingerprint density at radius 1 is 0.941 bits per heavy atom. The molecule has 0 heterocycles. The molecule has 0 amide bonds. The monoisotopic (exact) mass is 235 g/mol. The molecule has 2 fully saturated rings. The molecule has 0 aliphatic heterocycles. The second-order valence-electron chi connectivity index (χ2n) is 6.00. The van der Waals surface area contributed by atoms with E-state index in [4.69, 9.17) is 0 Å². The van der Waals surface area contributed by atoms with E-state index in [0.717, 1.165) is 18.4 Å². The van der Waals surface area contributed by atoms with Gasteiger partial charge in [0, 0.05) is 6.54 Å². The molecule has 2 aliphatic rings. The lowest BCUT2D eigenvalue weighted by molar-refractivity contribution is 0.381. The summed E-state index contributed by atoms with van der Waals surface area (Å²) in [4.78, 5) is 0. The van der Waals surface area contributed by atoms with Crippen molar-refractivity contribution in [2.45, 2.75) is 64.2 Å². The van der Waals surface area contributed by atoms with E-state index in [1.165, 1.54) is 64.2 Å². The lowest BCUT2D eigenvalue weighted by Crippen LogP contribution is -2.20. The molecule has 0 spiro atoms. The number of likely N-dealkylation sites (N-methyl/N-ethyl adjacent to an activating group) is 1. The molecule has 0 unspecified atom stereocenters. The van der Waals surface area contributed by atoms with Crippen molar-refractivity contribution in [3.8, 4) is 0 Å². The first-order chi connectivity index (χ1) is 8.40. The van der Waals surface area contributed by atoms with Crippen molar-refractivity contribution < 1.29 is 0 Å². The van der Waals surface area contributed by atoms with Crippen LogP contribution >= 0.6 is 0 Å². The summed E-state index contributed by atoms with van der Waals surface area (Å²) in [7, 11) is 2.09. The summed E-state index contributed by atoms with van der Waals surface area (Å²) in [5.41, 5.74) is 1.74. The predicted octanol–water partition coefficient (Wildman–Crippen LogP) is 4.29. The molecule has 0 aromatic carbocycles. The maximum Gasteiger partial charge on any atom is 0.0164 e. The van der Waals surface area contributed by atoms with Gasteiger partial charge in [-0.25, -0.2) is 0 Å². The molecular weight excluding hydrogens is 206 g/mol. The number of hydrogen-bond acceptors (Lipinski definition) is 1. The fourth-order valence-electron chi connectivity index (χ4n) is 3.62. The maximum absolute atomic E-state index is 3.39. The van der Waals surface area contributed by atoms with Crippen molar-refractivity contribution >= 4 is 0 Å². The summed E-state index contributed by atoms with van der Waals surface area (Å²) >= 11 is 0. The third kappa shape index (κ3) is 4.13. The molecule has 1 heteroatoms. The van der Waals surface area contributed by atoms with Crippen LogP contribution in [0.4, 0.5) is 0 Å². The SMILES string of the molecule is CNCC(=CC1CCCCC1)C1CCCCC1. The number of nitrogens with one attached hydrogen (secondary N) is 1. The molecule has 1 nitrogen and oxygen atoms in total.